The van der Waals surface area contributed by atoms with Crippen molar-refractivity contribution < 1.29 is 0 Å². The van der Waals surface area contributed by atoms with Crippen LogP contribution in [0.25, 0.3) is 0 Å². The zero-order valence-corrected chi connectivity index (χ0v) is 26.4. The highest BCUT2D eigenvalue weighted by molar-refractivity contribution is 5.10. The normalized spacial score (nSPS) is 46.4. The summed E-state index contributed by atoms with van der Waals surface area (Å²) in [5.74, 6) is 1.58. The fourth-order valence-corrected chi connectivity index (χ4v) is 11.3. The molecule has 0 aliphatic carbocycles. The molecule has 6 nitrogen and oxygen atoms in total. The SMILES string of the molecule is CCN1CCCCC12CC(C1CCCC3(CC(C4CCCC5(CCCN(C)C5)N4)CN(C)C3)N1C)CN(C)C2. The average Bonchev–Trinajstić information content (AvgIpc) is 2.90. The standard InChI is InChI=1S/C33H62N6/c1-6-39-19-8-7-16-33(39)21-28(23-37(4)26-33)30-13-10-17-32(38(30)5)20-27(22-36(3)25-32)29-12-9-14-31(34-29)15-11-18-35(2)24-31/h27-30,34H,6-26H2,1-5H3. The Kier molecular flexibility index (Phi) is 8.47. The summed E-state index contributed by atoms with van der Waals surface area (Å²) in [5.41, 5.74) is 1.16. The van der Waals surface area contributed by atoms with Gasteiger partial charge in [-0.2, -0.15) is 0 Å². The van der Waals surface area contributed by atoms with Gasteiger partial charge in [0.05, 0.1) is 0 Å². The zero-order valence-electron chi connectivity index (χ0n) is 26.4. The van der Waals surface area contributed by atoms with E-state index in [2.05, 4.69) is 64.9 Å². The highest BCUT2D eigenvalue weighted by Gasteiger charge is 2.53. The van der Waals surface area contributed by atoms with Gasteiger partial charge in [0, 0.05) is 61.4 Å². The fraction of sp³-hybridized carbons (Fsp3) is 1.00. The van der Waals surface area contributed by atoms with Gasteiger partial charge in [-0.1, -0.05) is 19.8 Å². The third kappa shape index (κ3) is 5.61. The largest absolute Gasteiger partial charge is 0.307 e. The average molecular weight is 543 g/mol. The van der Waals surface area contributed by atoms with Crippen molar-refractivity contribution in [3.63, 3.8) is 0 Å². The second kappa shape index (κ2) is 11.4. The maximum Gasteiger partial charge on any atom is 0.0340 e. The van der Waals surface area contributed by atoms with Gasteiger partial charge < -0.3 is 20.0 Å². The monoisotopic (exact) mass is 543 g/mol. The van der Waals surface area contributed by atoms with Crippen molar-refractivity contribution >= 4 is 0 Å². The van der Waals surface area contributed by atoms with Gasteiger partial charge in [-0.25, -0.2) is 0 Å². The van der Waals surface area contributed by atoms with Crippen LogP contribution in [-0.2, 0) is 0 Å². The maximum atomic E-state index is 4.36. The summed E-state index contributed by atoms with van der Waals surface area (Å²) in [6.07, 6.45) is 18.2. The molecule has 6 heterocycles. The number of likely N-dealkylation sites (N-methyl/N-ethyl adjacent to an activating group) is 5. The number of rotatable bonds is 3. The molecule has 6 fully saturated rings. The lowest BCUT2D eigenvalue weighted by atomic mass is 9.67. The van der Waals surface area contributed by atoms with E-state index >= 15 is 0 Å². The van der Waals surface area contributed by atoms with Crippen LogP contribution in [-0.4, -0.2) is 134 Å². The van der Waals surface area contributed by atoms with Crippen molar-refractivity contribution in [2.75, 3.05) is 80.5 Å². The van der Waals surface area contributed by atoms with Crippen LogP contribution in [0.3, 0.4) is 0 Å². The van der Waals surface area contributed by atoms with Crippen LogP contribution in [0.2, 0.25) is 0 Å². The Hall–Kier alpha value is -0.240. The second-order valence-corrected chi connectivity index (χ2v) is 15.6. The van der Waals surface area contributed by atoms with Crippen LogP contribution in [0, 0.1) is 11.8 Å². The van der Waals surface area contributed by atoms with Gasteiger partial charge in [0.15, 0.2) is 0 Å². The first-order chi connectivity index (χ1) is 18.8. The van der Waals surface area contributed by atoms with E-state index in [9.17, 15) is 0 Å². The van der Waals surface area contributed by atoms with Crippen LogP contribution < -0.4 is 5.32 Å². The Labute approximate surface area is 241 Å². The third-order valence-corrected chi connectivity index (χ3v) is 12.8. The van der Waals surface area contributed by atoms with Crippen LogP contribution in [0.1, 0.15) is 90.4 Å². The molecule has 6 saturated heterocycles. The molecule has 0 saturated carbocycles. The molecule has 39 heavy (non-hydrogen) atoms. The Morgan fingerprint density at radius 3 is 2.15 bits per heavy atom. The smallest absolute Gasteiger partial charge is 0.0340 e. The van der Waals surface area contributed by atoms with Gasteiger partial charge in [0.1, 0.15) is 0 Å². The van der Waals surface area contributed by atoms with Gasteiger partial charge in [0.2, 0.25) is 0 Å². The van der Waals surface area contributed by atoms with E-state index < -0.39 is 0 Å². The summed E-state index contributed by atoms with van der Waals surface area (Å²) < 4.78 is 0. The van der Waals surface area contributed by atoms with Crippen LogP contribution in [0.15, 0.2) is 0 Å². The van der Waals surface area contributed by atoms with Gasteiger partial charge in [-0.3, -0.25) is 9.80 Å². The number of hydrogen-bond acceptors (Lipinski definition) is 6. The molecule has 0 aromatic rings. The van der Waals surface area contributed by atoms with Crippen molar-refractivity contribution in [3.05, 3.63) is 0 Å². The number of nitrogens with one attached hydrogen (secondary N) is 1. The summed E-state index contributed by atoms with van der Waals surface area (Å²) in [5, 5.41) is 4.36. The molecule has 0 radical (unpaired) electrons. The summed E-state index contributed by atoms with van der Waals surface area (Å²) in [6.45, 7) is 12.6. The lowest BCUT2D eigenvalue weighted by Gasteiger charge is -2.61. The minimum absolute atomic E-state index is 0.358. The summed E-state index contributed by atoms with van der Waals surface area (Å²) >= 11 is 0. The predicted octanol–water partition coefficient (Wildman–Crippen LogP) is 3.96. The van der Waals surface area contributed by atoms with Crippen molar-refractivity contribution in [1.29, 1.82) is 0 Å². The van der Waals surface area contributed by atoms with Crippen molar-refractivity contribution in [1.82, 2.24) is 29.8 Å². The number of likely N-dealkylation sites (tertiary alicyclic amines) is 5. The molecule has 0 bridgehead atoms. The van der Waals surface area contributed by atoms with E-state index in [1.807, 2.05) is 0 Å². The number of nitrogens with zero attached hydrogens (tertiary/aromatic N) is 5. The van der Waals surface area contributed by atoms with E-state index in [0.29, 0.717) is 22.7 Å². The summed E-state index contributed by atoms with van der Waals surface area (Å²) in [7, 11) is 9.76. The number of hydrogen-bond donors (Lipinski definition) is 1. The van der Waals surface area contributed by atoms with Crippen molar-refractivity contribution in [3.8, 4) is 0 Å². The predicted molar refractivity (Wildman–Crippen MR) is 163 cm³/mol. The van der Waals surface area contributed by atoms with Gasteiger partial charge in [0.25, 0.3) is 0 Å². The maximum absolute atomic E-state index is 4.36. The first kappa shape index (κ1) is 28.9. The van der Waals surface area contributed by atoms with Crippen LogP contribution >= 0.6 is 0 Å². The highest BCUT2D eigenvalue weighted by Crippen LogP contribution is 2.47. The van der Waals surface area contributed by atoms with E-state index in [4.69, 9.17) is 0 Å². The lowest BCUT2D eigenvalue weighted by molar-refractivity contribution is -0.0962. The third-order valence-electron chi connectivity index (χ3n) is 12.8. The van der Waals surface area contributed by atoms with Crippen molar-refractivity contribution in [2.24, 2.45) is 11.8 Å². The molecule has 7 unspecified atom stereocenters. The van der Waals surface area contributed by atoms with Crippen LogP contribution in [0.5, 0.6) is 0 Å². The van der Waals surface area contributed by atoms with Gasteiger partial charge in [-0.15, -0.1) is 0 Å². The van der Waals surface area contributed by atoms with E-state index in [-0.39, 0.29) is 0 Å². The van der Waals surface area contributed by atoms with Gasteiger partial charge in [-0.05, 0) is 130 Å². The molecule has 0 amide bonds. The molecular weight excluding hydrogens is 480 g/mol. The molecule has 0 aromatic carbocycles. The molecule has 224 valence electrons. The fourth-order valence-electron chi connectivity index (χ4n) is 11.3. The molecule has 3 spiro atoms. The molecule has 1 N–H and O–H groups in total. The number of piperidine rings is 6. The molecule has 6 aliphatic rings. The summed E-state index contributed by atoms with van der Waals surface area (Å²) in [4.78, 5) is 13.9. The second-order valence-electron chi connectivity index (χ2n) is 15.6. The van der Waals surface area contributed by atoms with E-state index in [0.717, 1.165) is 17.9 Å². The van der Waals surface area contributed by atoms with Gasteiger partial charge >= 0.3 is 0 Å². The quantitative estimate of drug-likeness (QED) is 0.581. The Bertz CT molecular complexity index is 833. The Morgan fingerprint density at radius 2 is 1.36 bits per heavy atom. The molecule has 7 atom stereocenters. The minimum Gasteiger partial charge on any atom is -0.307 e. The highest BCUT2D eigenvalue weighted by atomic mass is 15.3. The Balaban J connectivity index is 1.19. The first-order valence-corrected chi connectivity index (χ1v) is 17.1. The molecule has 6 aliphatic heterocycles. The summed E-state index contributed by atoms with van der Waals surface area (Å²) in [6, 6.07) is 1.44. The Morgan fingerprint density at radius 1 is 0.667 bits per heavy atom. The minimum atomic E-state index is 0.358. The molecule has 6 heteroatoms. The first-order valence-electron chi connectivity index (χ1n) is 17.1. The van der Waals surface area contributed by atoms with Crippen molar-refractivity contribution in [2.45, 2.75) is 119 Å². The van der Waals surface area contributed by atoms with E-state index in [1.165, 1.54) is 136 Å². The topological polar surface area (TPSA) is 28.2 Å². The molecular formula is C33H62N6. The van der Waals surface area contributed by atoms with E-state index in [1.54, 1.807) is 0 Å². The van der Waals surface area contributed by atoms with Crippen LogP contribution in [0.4, 0.5) is 0 Å². The molecule has 6 rings (SSSR count). The lowest BCUT2D eigenvalue weighted by Crippen LogP contribution is -2.70. The molecule has 0 aromatic heterocycles. The zero-order chi connectivity index (χ0) is 27.3.